The highest BCUT2D eigenvalue weighted by atomic mass is 35.5. The summed E-state index contributed by atoms with van der Waals surface area (Å²) in [6, 6.07) is 5.61. The van der Waals surface area contributed by atoms with E-state index in [2.05, 4.69) is 5.32 Å². The van der Waals surface area contributed by atoms with Crippen LogP contribution in [-0.4, -0.2) is 11.5 Å². The minimum absolute atomic E-state index is 0.415. The fraction of sp³-hybridized carbons (Fsp3) is 0.500. The fourth-order valence-electron chi connectivity index (χ4n) is 2.52. The van der Waals surface area contributed by atoms with Gasteiger partial charge in [0.2, 0.25) is 0 Å². The third-order valence-electron chi connectivity index (χ3n) is 3.55. The van der Waals surface area contributed by atoms with Gasteiger partial charge < -0.3 is 11.1 Å². The summed E-state index contributed by atoms with van der Waals surface area (Å²) in [5.41, 5.74) is 7.56. The average molecular weight is 283 g/mol. The van der Waals surface area contributed by atoms with Crippen LogP contribution in [0.4, 0.5) is 5.69 Å². The summed E-state index contributed by atoms with van der Waals surface area (Å²) in [6.45, 7) is 0.982. The van der Waals surface area contributed by atoms with Gasteiger partial charge >= 0.3 is 0 Å². The van der Waals surface area contributed by atoms with Crippen LogP contribution >= 0.6 is 23.8 Å². The molecule has 0 aromatic heterocycles. The van der Waals surface area contributed by atoms with Crippen LogP contribution in [0, 0.1) is 5.92 Å². The van der Waals surface area contributed by atoms with E-state index in [1.54, 1.807) is 0 Å². The number of anilines is 1. The smallest absolute Gasteiger partial charge is 0.106 e. The molecule has 1 saturated carbocycles. The van der Waals surface area contributed by atoms with E-state index in [4.69, 9.17) is 29.6 Å². The minimum atomic E-state index is 0.415. The van der Waals surface area contributed by atoms with Crippen LogP contribution in [0.2, 0.25) is 5.02 Å². The van der Waals surface area contributed by atoms with Crippen molar-refractivity contribution in [3.63, 3.8) is 0 Å². The lowest BCUT2D eigenvalue weighted by molar-refractivity contribution is 0.373. The molecule has 1 aromatic rings. The Kier molecular flexibility index (Phi) is 4.84. The molecule has 0 unspecified atom stereocenters. The molecule has 0 heterocycles. The fourth-order valence-corrected chi connectivity index (χ4v) is 2.87. The quantitative estimate of drug-likeness (QED) is 0.821. The molecule has 0 aliphatic heterocycles. The van der Waals surface area contributed by atoms with Crippen molar-refractivity contribution < 1.29 is 0 Å². The Bertz CT molecular complexity index is 428. The third kappa shape index (κ3) is 3.59. The normalized spacial score (nSPS) is 16.5. The molecule has 0 atom stereocenters. The lowest BCUT2D eigenvalue weighted by Gasteiger charge is -2.23. The van der Waals surface area contributed by atoms with Crippen LogP contribution in [-0.2, 0) is 0 Å². The summed E-state index contributed by atoms with van der Waals surface area (Å²) in [5, 5.41) is 4.16. The molecule has 18 heavy (non-hydrogen) atoms. The van der Waals surface area contributed by atoms with Crippen LogP contribution in [0.3, 0.4) is 0 Å². The van der Waals surface area contributed by atoms with Crippen molar-refractivity contribution in [3.8, 4) is 0 Å². The molecule has 1 aliphatic carbocycles. The van der Waals surface area contributed by atoms with Gasteiger partial charge in [-0.05, 0) is 37.0 Å². The highest BCUT2D eigenvalue weighted by Gasteiger charge is 2.14. The Morgan fingerprint density at radius 3 is 2.72 bits per heavy atom. The van der Waals surface area contributed by atoms with Crippen molar-refractivity contribution in [1.82, 2.24) is 0 Å². The van der Waals surface area contributed by atoms with Gasteiger partial charge in [0.15, 0.2) is 0 Å². The average Bonchev–Trinajstić information content (AvgIpc) is 2.37. The number of hydrogen-bond acceptors (Lipinski definition) is 2. The van der Waals surface area contributed by atoms with Crippen LogP contribution in [0.5, 0.6) is 0 Å². The van der Waals surface area contributed by atoms with Gasteiger partial charge in [0.1, 0.15) is 4.99 Å². The summed E-state index contributed by atoms with van der Waals surface area (Å²) in [7, 11) is 0. The van der Waals surface area contributed by atoms with Crippen molar-refractivity contribution in [2.75, 3.05) is 11.9 Å². The zero-order valence-corrected chi connectivity index (χ0v) is 12.0. The summed E-state index contributed by atoms with van der Waals surface area (Å²) in [6.07, 6.45) is 6.71. The van der Waals surface area contributed by atoms with Crippen LogP contribution in [0.15, 0.2) is 18.2 Å². The summed E-state index contributed by atoms with van der Waals surface area (Å²) in [5.74, 6) is 0.761. The molecule has 4 heteroatoms. The summed E-state index contributed by atoms with van der Waals surface area (Å²) in [4.78, 5) is 0.415. The molecular weight excluding hydrogens is 264 g/mol. The molecule has 1 aromatic carbocycles. The van der Waals surface area contributed by atoms with Crippen LogP contribution in [0.25, 0.3) is 0 Å². The Balaban J connectivity index is 2.03. The van der Waals surface area contributed by atoms with Crippen molar-refractivity contribution in [2.45, 2.75) is 32.1 Å². The molecule has 1 aliphatic rings. The molecule has 1 fully saturated rings. The van der Waals surface area contributed by atoms with Gasteiger partial charge in [-0.1, -0.05) is 43.1 Å². The van der Waals surface area contributed by atoms with Crippen molar-refractivity contribution in [3.05, 3.63) is 28.8 Å². The maximum absolute atomic E-state index is 6.02. The number of thiocarbonyl (C=S) groups is 1. The first-order chi connectivity index (χ1) is 8.66. The monoisotopic (exact) mass is 282 g/mol. The second-order valence-electron chi connectivity index (χ2n) is 4.94. The number of hydrogen-bond donors (Lipinski definition) is 2. The lowest BCUT2D eigenvalue weighted by Crippen LogP contribution is -2.19. The first kappa shape index (κ1) is 13.6. The highest BCUT2D eigenvalue weighted by molar-refractivity contribution is 7.80. The molecule has 0 bridgehead atoms. The van der Waals surface area contributed by atoms with E-state index in [1.165, 1.54) is 32.1 Å². The Morgan fingerprint density at radius 2 is 2.06 bits per heavy atom. The van der Waals surface area contributed by atoms with E-state index in [9.17, 15) is 0 Å². The summed E-state index contributed by atoms with van der Waals surface area (Å²) >= 11 is 11.1. The number of halogens is 1. The maximum atomic E-state index is 6.02. The molecule has 98 valence electrons. The number of rotatable bonds is 4. The van der Waals surface area contributed by atoms with Crippen LogP contribution in [0.1, 0.15) is 37.7 Å². The van der Waals surface area contributed by atoms with Crippen molar-refractivity contribution >= 4 is 34.5 Å². The number of nitrogens with one attached hydrogen (secondary N) is 1. The molecular formula is C14H19ClN2S. The first-order valence-corrected chi connectivity index (χ1v) is 7.28. The molecule has 2 rings (SSSR count). The van der Waals surface area contributed by atoms with E-state index < -0.39 is 0 Å². The Morgan fingerprint density at radius 1 is 1.33 bits per heavy atom. The van der Waals surface area contributed by atoms with Gasteiger partial charge in [0.05, 0.1) is 0 Å². The third-order valence-corrected chi connectivity index (χ3v) is 4.01. The van der Waals surface area contributed by atoms with Crippen molar-refractivity contribution in [2.24, 2.45) is 11.7 Å². The Hall–Kier alpha value is -0.800. The maximum Gasteiger partial charge on any atom is 0.106 e. The molecule has 0 radical (unpaired) electrons. The van der Waals surface area contributed by atoms with Crippen molar-refractivity contribution in [1.29, 1.82) is 0 Å². The predicted molar refractivity (Wildman–Crippen MR) is 82.4 cm³/mol. The Labute approximate surface area is 119 Å². The highest BCUT2D eigenvalue weighted by Crippen LogP contribution is 2.26. The van der Waals surface area contributed by atoms with Crippen LogP contribution < -0.4 is 11.1 Å². The largest absolute Gasteiger partial charge is 0.389 e. The van der Waals surface area contributed by atoms with E-state index in [-0.39, 0.29) is 0 Å². The molecule has 3 N–H and O–H groups in total. The van der Waals surface area contributed by atoms with Gasteiger partial charge in [-0.3, -0.25) is 0 Å². The zero-order chi connectivity index (χ0) is 13.0. The standard InChI is InChI=1S/C14H19ClN2S/c15-11-6-7-12(14(16)18)13(8-11)17-9-10-4-2-1-3-5-10/h6-8,10,17H,1-5,9H2,(H2,16,18). The molecule has 0 saturated heterocycles. The second-order valence-corrected chi connectivity index (χ2v) is 5.82. The lowest BCUT2D eigenvalue weighted by atomic mass is 9.89. The SMILES string of the molecule is NC(=S)c1ccc(Cl)cc1NCC1CCCCC1. The summed E-state index contributed by atoms with van der Waals surface area (Å²) < 4.78 is 0. The van der Waals surface area contributed by atoms with E-state index >= 15 is 0 Å². The van der Waals surface area contributed by atoms with E-state index in [1.807, 2.05) is 18.2 Å². The van der Waals surface area contributed by atoms with E-state index in [0.29, 0.717) is 10.0 Å². The molecule has 0 amide bonds. The topological polar surface area (TPSA) is 38.0 Å². The minimum Gasteiger partial charge on any atom is -0.389 e. The van der Waals surface area contributed by atoms with Gasteiger partial charge in [-0.2, -0.15) is 0 Å². The molecule has 0 spiro atoms. The van der Waals surface area contributed by atoms with Gasteiger partial charge in [0, 0.05) is 22.8 Å². The van der Waals surface area contributed by atoms with E-state index in [0.717, 1.165) is 23.7 Å². The van der Waals surface area contributed by atoms with Gasteiger partial charge in [0.25, 0.3) is 0 Å². The predicted octanol–water partition coefficient (Wildman–Crippen LogP) is 3.97. The second kappa shape index (κ2) is 6.39. The van der Waals surface area contributed by atoms with Gasteiger partial charge in [-0.15, -0.1) is 0 Å². The first-order valence-electron chi connectivity index (χ1n) is 6.50. The zero-order valence-electron chi connectivity index (χ0n) is 10.4. The number of nitrogens with two attached hydrogens (primary N) is 1. The molecule has 2 nitrogen and oxygen atoms in total. The number of benzene rings is 1. The van der Waals surface area contributed by atoms with Gasteiger partial charge in [-0.25, -0.2) is 0 Å².